The zero-order valence-corrected chi connectivity index (χ0v) is 27.9. The molecule has 46 heavy (non-hydrogen) atoms. The molecule has 4 atom stereocenters. The summed E-state index contributed by atoms with van der Waals surface area (Å²) in [5.74, 6) is 14.3. The second kappa shape index (κ2) is 13.5. The number of ether oxygens (including phenoxy) is 1. The number of fused-ring (bicyclic) bond motifs is 2. The van der Waals surface area contributed by atoms with Crippen LogP contribution in [0.1, 0.15) is 74.3 Å². The van der Waals surface area contributed by atoms with E-state index >= 15 is 4.57 Å². The molecule has 1 aliphatic heterocycles. The van der Waals surface area contributed by atoms with Crippen LogP contribution in [0.15, 0.2) is 78.9 Å². The monoisotopic (exact) mass is 620 g/mol. The smallest absolute Gasteiger partial charge is 0.148 e. The van der Waals surface area contributed by atoms with Gasteiger partial charge < -0.3 is 9.30 Å². The Hall–Kier alpha value is -4.41. The molecule has 6 rings (SSSR count). The van der Waals surface area contributed by atoms with Crippen molar-refractivity contribution < 1.29 is 9.30 Å². The van der Waals surface area contributed by atoms with Crippen LogP contribution >= 0.6 is 7.14 Å². The minimum Gasteiger partial charge on any atom is -0.480 e. The Labute approximate surface area is 275 Å². The van der Waals surface area contributed by atoms with E-state index in [1.807, 2.05) is 36.4 Å². The third-order valence-electron chi connectivity index (χ3n) is 9.85. The van der Waals surface area contributed by atoms with Crippen LogP contribution in [-0.4, -0.2) is 12.3 Å². The molecule has 3 heteroatoms. The van der Waals surface area contributed by atoms with Crippen molar-refractivity contribution >= 4 is 34.6 Å². The average molecular weight is 621 g/mol. The maximum Gasteiger partial charge on any atom is 0.148 e. The number of aryl methyl sites for hydroxylation is 1. The maximum atomic E-state index is 16.1. The van der Waals surface area contributed by atoms with Gasteiger partial charge in [-0.15, -0.1) is 18.8 Å². The summed E-state index contributed by atoms with van der Waals surface area (Å²) in [4.78, 5) is 0. The zero-order chi connectivity index (χ0) is 32.3. The standard InChI is InChI=1S/C43H41O2P/c1-6-8-14-32-20-21-33-15-12-13-18-38(33)39(32)24-22-35-28-42-36(27-40(35)45-25-7-2)29-41(34-16-10-9-11-17-34)46(42,44)43-26-31(5)19-23-37(43)30(3)4/h1-2,9-13,15-18,20-21,27-31,37,43H,8,14,19,23,25-26H2,3-5H3. The second-order valence-corrected chi connectivity index (χ2v) is 16.1. The highest BCUT2D eigenvalue weighted by Gasteiger charge is 2.49. The van der Waals surface area contributed by atoms with Gasteiger partial charge in [-0.3, -0.25) is 0 Å². The van der Waals surface area contributed by atoms with Gasteiger partial charge in [0.15, 0.2) is 0 Å². The Kier molecular flexibility index (Phi) is 9.28. The number of rotatable bonds is 7. The molecule has 4 aromatic rings. The summed E-state index contributed by atoms with van der Waals surface area (Å²) in [5.41, 5.74) is 4.82. The third kappa shape index (κ3) is 5.94. The van der Waals surface area contributed by atoms with Gasteiger partial charge in [0.05, 0.1) is 5.56 Å². The molecule has 2 aliphatic rings. The molecule has 1 saturated carbocycles. The van der Waals surface area contributed by atoms with E-state index in [0.717, 1.165) is 62.9 Å². The van der Waals surface area contributed by atoms with Gasteiger partial charge in [0, 0.05) is 28.3 Å². The molecule has 1 heterocycles. The van der Waals surface area contributed by atoms with Gasteiger partial charge in [-0.05, 0) is 82.7 Å². The predicted octanol–water partition coefficient (Wildman–Crippen LogP) is 9.78. The lowest BCUT2D eigenvalue weighted by molar-refractivity contribution is 0.238. The van der Waals surface area contributed by atoms with Gasteiger partial charge in [-0.25, -0.2) is 0 Å². The van der Waals surface area contributed by atoms with Crippen LogP contribution in [0.3, 0.4) is 0 Å². The van der Waals surface area contributed by atoms with E-state index in [0.29, 0.717) is 35.5 Å². The normalized spacial score (nSPS) is 21.9. The molecule has 0 spiro atoms. The summed E-state index contributed by atoms with van der Waals surface area (Å²) in [7, 11) is -3.07. The highest BCUT2D eigenvalue weighted by atomic mass is 31.2. The second-order valence-electron chi connectivity index (χ2n) is 13.1. The van der Waals surface area contributed by atoms with Crippen molar-refractivity contribution in [3.63, 3.8) is 0 Å². The van der Waals surface area contributed by atoms with E-state index in [-0.39, 0.29) is 12.3 Å². The summed E-state index contributed by atoms with van der Waals surface area (Å²) in [6, 6.07) is 26.9. The largest absolute Gasteiger partial charge is 0.480 e. The molecule has 0 bridgehead atoms. The van der Waals surface area contributed by atoms with Crippen molar-refractivity contribution in [3.05, 3.63) is 107 Å². The Balaban J connectivity index is 1.56. The fourth-order valence-electron chi connectivity index (χ4n) is 7.52. The summed E-state index contributed by atoms with van der Waals surface area (Å²) < 4.78 is 22.2. The van der Waals surface area contributed by atoms with Crippen molar-refractivity contribution in [2.75, 3.05) is 6.61 Å². The Bertz CT molecular complexity index is 1990. The summed E-state index contributed by atoms with van der Waals surface area (Å²) >= 11 is 0. The Morgan fingerprint density at radius 2 is 1.72 bits per heavy atom. The first-order valence-corrected chi connectivity index (χ1v) is 18.2. The van der Waals surface area contributed by atoms with Gasteiger partial charge in [-0.2, -0.15) is 0 Å². The lowest BCUT2D eigenvalue weighted by Crippen LogP contribution is -2.34. The van der Waals surface area contributed by atoms with Crippen molar-refractivity contribution in [1.82, 2.24) is 0 Å². The molecule has 1 aliphatic carbocycles. The van der Waals surface area contributed by atoms with Crippen LogP contribution in [0, 0.1) is 54.3 Å². The Morgan fingerprint density at radius 3 is 2.48 bits per heavy atom. The summed E-state index contributed by atoms with van der Waals surface area (Å²) in [5, 5.41) is 4.07. The number of hydrogen-bond acceptors (Lipinski definition) is 2. The van der Waals surface area contributed by atoms with Crippen LogP contribution in [0.2, 0.25) is 0 Å². The zero-order valence-electron chi connectivity index (χ0n) is 27.1. The molecule has 2 nitrogen and oxygen atoms in total. The van der Waals surface area contributed by atoms with Crippen LogP contribution in [0.5, 0.6) is 5.75 Å². The van der Waals surface area contributed by atoms with E-state index in [2.05, 4.69) is 93.0 Å². The van der Waals surface area contributed by atoms with Crippen molar-refractivity contribution in [3.8, 4) is 42.3 Å². The molecule has 0 amide bonds. The SMILES string of the molecule is C#CCCc1ccc2ccccc2c1C#Cc1cc2c(cc1OCC#C)C=C(c1ccccc1)P2(=O)C1CC(C)CCC1C(C)C. The van der Waals surface area contributed by atoms with Crippen LogP contribution in [-0.2, 0) is 11.0 Å². The molecule has 0 saturated heterocycles. The lowest BCUT2D eigenvalue weighted by atomic mass is 9.77. The first-order valence-electron chi connectivity index (χ1n) is 16.4. The highest BCUT2D eigenvalue weighted by molar-refractivity contribution is 7.82. The van der Waals surface area contributed by atoms with Gasteiger partial charge in [0.2, 0.25) is 0 Å². The van der Waals surface area contributed by atoms with Gasteiger partial charge in [0.1, 0.15) is 19.5 Å². The molecule has 4 unspecified atom stereocenters. The molecular weight excluding hydrogens is 579 g/mol. The lowest BCUT2D eigenvalue weighted by Gasteiger charge is -2.42. The van der Waals surface area contributed by atoms with E-state index in [9.17, 15) is 0 Å². The van der Waals surface area contributed by atoms with E-state index < -0.39 is 7.14 Å². The number of hydrogen-bond donors (Lipinski definition) is 0. The van der Waals surface area contributed by atoms with Gasteiger partial charge in [-0.1, -0.05) is 112 Å². The topological polar surface area (TPSA) is 26.3 Å². The Morgan fingerprint density at radius 1 is 0.935 bits per heavy atom. The highest BCUT2D eigenvalue weighted by Crippen LogP contribution is 2.70. The van der Waals surface area contributed by atoms with Gasteiger partial charge >= 0.3 is 0 Å². The fraction of sp³-hybridized carbons (Fsp3) is 0.302. The molecular formula is C43H41O2P. The molecule has 230 valence electrons. The number of benzene rings is 4. The number of terminal acetylenes is 2. The minimum atomic E-state index is -3.07. The average Bonchev–Trinajstić information content (AvgIpc) is 3.37. The fourth-order valence-corrected chi connectivity index (χ4v) is 11.9. The molecule has 0 radical (unpaired) electrons. The van der Waals surface area contributed by atoms with E-state index in [4.69, 9.17) is 17.6 Å². The minimum absolute atomic E-state index is 0.0654. The molecule has 1 fully saturated rings. The molecule has 0 N–H and O–H groups in total. The van der Waals surface area contributed by atoms with Crippen molar-refractivity contribution in [1.29, 1.82) is 0 Å². The molecule has 4 aromatic carbocycles. The van der Waals surface area contributed by atoms with Gasteiger partial charge in [0.25, 0.3) is 0 Å². The van der Waals surface area contributed by atoms with E-state index in [1.54, 1.807) is 0 Å². The maximum absolute atomic E-state index is 16.1. The van der Waals surface area contributed by atoms with Crippen molar-refractivity contribution in [2.24, 2.45) is 17.8 Å². The predicted molar refractivity (Wildman–Crippen MR) is 195 cm³/mol. The van der Waals surface area contributed by atoms with Crippen LogP contribution in [0.25, 0.3) is 22.2 Å². The summed E-state index contributed by atoms with van der Waals surface area (Å²) in [6.07, 6.45) is 18.0. The summed E-state index contributed by atoms with van der Waals surface area (Å²) in [6.45, 7) is 7.02. The van der Waals surface area contributed by atoms with Crippen LogP contribution < -0.4 is 10.0 Å². The van der Waals surface area contributed by atoms with E-state index in [1.165, 1.54) is 6.42 Å². The third-order valence-corrected chi connectivity index (χ3v) is 13.6. The van der Waals surface area contributed by atoms with Crippen molar-refractivity contribution in [2.45, 2.75) is 58.5 Å². The first-order chi connectivity index (χ1) is 22.3. The first kappa shape index (κ1) is 31.6. The quantitative estimate of drug-likeness (QED) is 0.152. The van der Waals surface area contributed by atoms with Crippen LogP contribution in [0.4, 0.5) is 0 Å². The molecule has 0 aromatic heterocycles.